The standard InChI is InChI=1S/C14H26N2O2S/c1-4-14(5-2)13(18)16(11-12(17)15-14)9-7-6-8-10-19-3/h4-11H2,1-3H3,(H,15,17). The molecular formula is C14H26N2O2S. The number of hydrogen-bond acceptors (Lipinski definition) is 3. The van der Waals surface area contributed by atoms with E-state index < -0.39 is 5.54 Å². The molecule has 0 spiro atoms. The molecule has 0 aromatic heterocycles. The first kappa shape index (κ1) is 16.3. The van der Waals surface area contributed by atoms with Crippen molar-refractivity contribution in [3.05, 3.63) is 0 Å². The van der Waals surface area contributed by atoms with Crippen LogP contribution in [-0.2, 0) is 9.59 Å². The molecular weight excluding hydrogens is 260 g/mol. The van der Waals surface area contributed by atoms with E-state index in [0.29, 0.717) is 19.4 Å². The number of carbonyl (C=O) groups is 2. The molecule has 1 aliphatic heterocycles. The Kier molecular flexibility index (Phi) is 6.69. The van der Waals surface area contributed by atoms with Crippen LogP contribution in [-0.4, -0.2) is 47.4 Å². The quantitative estimate of drug-likeness (QED) is 0.695. The van der Waals surface area contributed by atoms with Crippen molar-refractivity contribution < 1.29 is 9.59 Å². The summed E-state index contributed by atoms with van der Waals surface area (Å²) in [5.41, 5.74) is -0.658. The molecule has 0 aliphatic carbocycles. The largest absolute Gasteiger partial charge is 0.340 e. The molecule has 1 saturated heterocycles. The summed E-state index contributed by atoms with van der Waals surface area (Å²) in [6.07, 6.45) is 6.73. The molecule has 0 bridgehead atoms. The summed E-state index contributed by atoms with van der Waals surface area (Å²) < 4.78 is 0. The lowest BCUT2D eigenvalue weighted by atomic mass is 9.89. The molecule has 2 amide bonds. The number of piperazine rings is 1. The Hall–Kier alpha value is -0.710. The van der Waals surface area contributed by atoms with E-state index in [0.717, 1.165) is 12.8 Å². The van der Waals surface area contributed by atoms with Crippen molar-refractivity contribution >= 4 is 23.6 Å². The number of thioether (sulfide) groups is 1. The third kappa shape index (κ3) is 4.13. The van der Waals surface area contributed by atoms with Gasteiger partial charge in [0.1, 0.15) is 5.54 Å². The van der Waals surface area contributed by atoms with Gasteiger partial charge in [0.25, 0.3) is 0 Å². The van der Waals surface area contributed by atoms with Gasteiger partial charge in [-0.1, -0.05) is 20.3 Å². The summed E-state index contributed by atoms with van der Waals surface area (Å²) in [5, 5.41) is 2.89. The minimum Gasteiger partial charge on any atom is -0.340 e. The lowest BCUT2D eigenvalue weighted by Crippen LogP contribution is -2.66. The van der Waals surface area contributed by atoms with Gasteiger partial charge in [-0.05, 0) is 37.7 Å². The lowest BCUT2D eigenvalue weighted by molar-refractivity contribution is -0.150. The second-order valence-electron chi connectivity index (χ2n) is 5.12. The zero-order chi connectivity index (χ0) is 14.3. The van der Waals surface area contributed by atoms with Crippen molar-refractivity contribution in [2.24, 2.45) is 0 Å². The van der Waals surface area contributed by atoms with Crippen molar-refractivity contribution in [3.63, 3.8) is 0 Å². The van der Waals surface area contributed by atoms with Crippen molar-refractivity contribution in [1.29, 1.82) is 0 Å². The minimum absolute atomic E-state index is 0.0209. The average molecular weight is 286 g/mol. The second kappa shape index (κ2) is 7.78. The number of nitrogens with one attached hydrogen (secondary N) is 1. The van der Waals surface area contributed by atoms with E-state index in [4.69, 9.17) is 0 Å². The van der Waals surface area contributed by atoms with Crippen LogP contribution in [0.3, 0.4) is 0 Å². The molecule has 4 nitrogen and oxygen atoms in total. The first-order valence-corrected chi connectivity index (χ1v) is 8.58. The summed E-state index contributed by atoms with van der Waals surface area (Å²) in [6, 6.07) is 0. The van der Waals surface area contributed by atoms with E-state index in [-0.39, 0.29) is 18.4 Å². The molecule has 1 rings (SSSR count). The molecule has 0 saturated carbocycles. The average Bonchev–Trinajstić information content (AvgIpc) is 2.42. The highest BCUT2D eigenvalue weighted by Gasteiger charge is 2.43. The summed E-state index contributed by atoms with van der Waals surface area (Å²) in [5.74, 6) is 1.25. The molecule has 0 unspecified atom stereocenters. The van der Waals surface area contributed by atoms with Gasteiger partial charge in [-0.2, -0.15) is 11.8 Å². The molecule has 0 radical (unpaired) electrons. The maximum Gasteiger partial charge on any atom is 0.248 e. The predicted molar refractivity (Wildman–Crippen MR) is 80.3 cm³/mol. The number of rotatable bonds is 8. The van der Waals surface area contributed by atoms with Crippen LogP contribution < -0.4 is 5.32 Å². The van der Waals surface area contributed by atoms with Crippen molar-refractivity contribution in [3.8, 4) is 0 Å². The van der Waals surface area contributed by atoms with Gasteiger partial charge in [-0.3, -0.25) is 9.59 Å². The third-order valence-corrected chi connectivity index (χ3v) is 4.59. The van der Waals surface area contributed by atoms with Gasteiger partial charge < -0.3 is 10.2 Å². The Morgan fingerprint density at radius 3 is 2.47 bits per heavy atom. The summed E-state index contributed by atoms with van der Waals surface area (Å²) in [6.45, 7) is 4.86. The smallest absolute Gasteiger partial charge is 0.248 e. The molecule has 5 heteroatoms. The SMILES string of the molecule is CCC1(CC)NC(=O)CN(CCCCCSC)C1=O. The summed E-state index contributed by atoms with van der Waals surface area (Å²) in [4.78, 5) is 26.0. The van der Waals surface area contributed by atoms with Crippen LogP contribution in [0.1, 0.15) is 46.0 Å². The lowest BCUT2D eigenvalue weighted by Gasteiger charge is -2.41. The number of hydrogen-bond donors (Lipinski definition) is 1. The maximum atomic E-state index is 12.5. The maximum absolute atomic E-state index is 12.5. The van der Waals surface area contributed by atoms with Crippen LogP contribution in [0.5, 0.6) is 0 Å². The number of nitrogens with zero attached hydrogens (tertiary/aromatic N) is 1. The van der Waals surface area contributed by atoms with Crippen LogP contribution >= 0.6 is 11.8 Å². The normalized spacial score (nSPS) is 18.6. The number of amides is 2. The Bertz CT molecular complexity index is 317. The van der Waals surface area contributed by atoms with Gasteiger partial charge in [0.05, 0.1) is 6.54 Å². The Balaban J connectivity index is 2.53. The van der Waals surface area contributed by atoms with Gasteiger partial charge in [0.15, 0.2) is 0 Å². The molecule has 110 valence electrons. The fourth-order valence-electron chi connectivity index (χ4n) is 2.54. The molecule has 1 aliphatic rings. The highest BCUT2D eigenvalue weighted by Crippen LogP contribution is 2.22. The van der Waals surface area contributed by atoms with Crippen LogP contribution in [0.2, 0.25) is 0 Å². The Labute approximate surface area is 120 Å². The van der Waals surface area contributed by atoms with Crippen molar-refractivity contribution in [2.75, 3.05) is 25.1 Å². The van der Waals surface area contributed by atoms with E-state index in [1.54, 1.807) is 4.90 Å². The second-order valence-corrected chi connectivity index (χ2v) is 6.10. The molecule has 0 aromatic rings. The highest BCUT2D eigenvalue weighted by molar-refractivity contribution is 7.98. The summed E-state index contributed by atoms with van der Waals surface area (Å²) >= 11 is 1.85. The van der Waals surface area contributed by atoms with Crippen LogP contribution in [0.4, 0.5) is 0 Å². The van der Waals surface area contributed by atoms with E-state index in [1.807, 2.05) is 25.6 Å². The van der Waals surface area contributed by atoms with E-state index in [1.165, 1.54) is 12.2 Å². The minimum atomic E-state index is -0.658. The van der Waals surface area contributed by atoms with Gasteiger partial charge >= 0.3 is 0 Å². The topological polar surface area (TPSA) is 49.4 Å². The number of carbonyl (C=O) groups excluding carboxylic acids is 2. The Morgan fingerprint density at radius 1 is 1.21 bits per heavy atom. The Morgan fingerprint density at radius 2 is 1.89 bits per heavy atom. The summed E-state index contributed by atoms with van der Waals surface area (Å²) in [7, 11) is 0. The molecule has 0 aromatic carbocycles. The van der Waals surface area contributed by atoms with E-state index in [9.17, 15) is 9.59 Å². The predicted octanol–water partition coefficient (Wildman–Crippen LogP) is 2.04. The molecule has 19 heavy (non-hydrogen) atoms. The molecule has 1 N–H and O–H groups in total. The van der Waals surface area contributed by atoms with Crippen LogP contribution in [0, 0.1) is 0 Å². The molecule has 0 atom stereocenters. The van der Waals surface area contributed by atoms with Gasteiger partial charge in [0, 0.05) is 6.54 Å². The van der Waals surface area contributed by atoms with Crippen molar-refractivity contribution in [2.45, 2.75) is 51.5 Å². The highest BCUT2D eigenvalue weighted by atomic mass is 32.2. The zero-order valence-electron chi connectivity index (χ0n) is 12.3. The van der Waals surface area contributed by atoms with Gasteiger partial charge in [0.2, 0.25) is 11.8 Å². The molecule has 1 heterocycles. The molecule has 1 fully saturated rings. The van der Waals surface area contributed by atoms with Crippen LogP contribution in [0.25, 0.3) is 0 Å². The zero-order valence-corrected chi connectivity index (χ0v) is 13.1. The van der Waals surface area contributed by atoms with Crippen molar-refractivity contribution in [1.82, 2.24) is 10.2 Å². The fraction of sp³-hybridized carbons (Fsp3) is 0.857. The first-order valence-electron chi connectivity index (χ1n) is 7.19. The van der Waals surface area contributed by atoms with Gasteiger partial charge in [-0.15, -0.1) is 0 Å². The van der Waals surface area contributed by atoms with E-state index >= 15 is 0 Å². The first-order chi connectivity index (χ1) is 9.09. The van der Waals surface area contributed by atoms with E-state index in [2.05, 4.69) is 11.6 Å². The van der Waals surface area contributed by atoms with Crippen LogP contribution in [0.15, 0.2) is 0 Å². The van der Waals surface area contributed by atoms with Gasteiger partial charge in [-0.25, -0.2) is 0 Å². The monoisotopic (exact) mass is 286 g/mol. The fourth-order valence-corrected chi connectivity index (χ4v) is 3.04. The number of unbranched alkanes of at least 4 members (excludes halogenated alkanes) is 2. The third-order valence-electron chi connectivity index (χ3n) is 3.89.